The standard InChI is InChI=1S/C17H11Cl2N7O4S2/c18-16-6-4-14(9-20-16)31(27,28)26(32(29,30)15-5-7-17(19)21-10-15)13-3-1-2-12(8-13)25-11-22-23-24-25/h1-11H. The van der Waals surface area contributed by atoms with Crippen molar-refractivity contribution in [2.75, 3.05) is 3.71 Å². The summed E-state index contributed by atoms with van der Waals surface area (Å²) in [7, 11) is -9.34. The van der Waals surface area contributed by atoms with Crippen LogP contribution in [0.25, 0.3) is 5.69 Å². The maximum Gasteiger partial charge on any atom is 0.279 e. The van der Waals surface area contributed by atoms with Crippen LogP contribution in [0.5, 0.6) is 0 Å². The molecule has 4 rings (SSSR count). The molecule has 0 amide bonds. The van der Waals surface area contributed by atoms with Gasteiger partial charge in [0, 0.05) is 12.4 Å². The summed E-state index contributed by atoms with van der Waals surface area (Å²) in [6.45, 7) is 0. The zero-order valence-corrected chi connectivity index (χ0v) is 18.8. The van der Waals surface area contributed by atoms with Crippen LogP contribution < -0.4 is 3.71 Å². The highest BCUT2D eigenvalue weighted by molar-refractivity contribution is 8.10. The van der Waals surface area contributed by atoms with Gasteiger partial charge in [-0.25, -0.2) is 14.6 Å². The molecule has 0 aliphatic carbocycles. The van der Waals surface area contributed by atoms with E-state index in [9.17, 15) is 16.8 Å². The average Bonchev–Trinajstić information content (AvgIpc) is 3.29. The molecule has 0 bridgehead atoms. The van der Waals surface area contributed by atoms with Gasteiger partial charge in [-0.1, -0.05) is 29.3 Å². The van der Waals surface area contributed by atoms with Crippen LogP contribution in [0.3, 0.4) is 0 Å². The van der Waals surface area contributed by atoms with Gasteiger partial charge in [0.05, 0.1) is 11.4 Å². The second kappa shape index (κ2) is 8.43. The Labute approximate surface area is 192 Å². The minimum atomic E-state index is -4.67. The molecule has 0 radical (unpaired) electrons. The number of tetrazole rings is 1. The van der Waals surface area contributed by atoms with Crippen LogP contribution in [-0.4, -0.2) is 47.0 Å². The van der Waals surface area contributed by atoms with Crippen molar-refractivity contribution < 1.29 is 16.8 Å². The number of benzene rings is 1. The SMILES string of the molecule is O=S(=O)(c1ccc(Cl)nc1)N(c1cccc(-n2cnnn2)c1)S(=O)(=O)c1ccc(Cl)nc1. The van der Waals surface area contributed by atoms with Crippen molar-refractivity contribution in [2.45, 2.75) is 9.79 Å². The van der Waals surface area contributed by atoms with Crippen LogP contribution in [-0.2, 0) is 20.0 Å². The summed E-state index contributed by atoms with van der Waals surface area (Å²) in [5.74, 6) is 0. The molecule has 164 valence electrons. The van der Waals surface area contributed by atoms with Gasteiger partial charge in [-0.05, 0) is 52.9 Å². The van der Waals surface area contributed by atoms with E-state index in [0.717, 1.165) is 24.5 Å². The van der Waals surface area contributed by atoms with E-state index in [-0.39, 0.29) is 29.5 Å². The van der Waals surface area contributed by atoms with Gasteiger partial charge in [0.1, 0.15) is 26.4 Å². The third-order valence-corrected chi connectivity index (χ3v) is 8.68. The lowest BCUT2D eigenvalue weighted by Gasteiger charge is -2.24. The minimum Gasteiger partial charge on any atom is -0.243 e. The molecule has 0 atom stereocenters. The first kappa shape index (κ1) is 22.1. The van der Waals surface area contributed by atoms with Crippen LogP contribution in [0.2, 0.25) is 10.3 Å². The van der Waals surface area contributed by atoms with E-state index < -0.39 is 20.0 Å². The number of hydrogen-bond donors (Lipinski definition) is 0. The summed E-state index contributed by atoms with van der Waals surface area (Å²) in [6, 6.07) is 10.4. The highest BCUT2D eigenvalue weighted by Gasteiger charge is 2.37. The Kier molecular flexibility index (Phi) is 5.81. The molecule has 15 heteroatoms. The molecule has 1 aromatic carbocycles. The number of hydrogen-bond acceptors (Lipinski definition) is 9. The van der Waals surface area contributed by atoms with Crippen LogP contribution in [0, 0.1) is 0 Å². The van der Waals surface area contributed by atoms with Gasteiger partial charge in [-0.15, -0.1) is 5.10 Å². The number of pyridine rings is 2. The molecular formula is C17H11Cl2N7O4S2. The number of halogens is 2. The summed E-state index contributed by atoms with van der Waals surface area (Å²) in [6.07, 6.45) is 3.20. The van der Waals surface area contributed by atoms with Gasteiger partial charge in [-0.3, -0.25) is 0 Å². The molecule has 0 aliphatic rings. The summed E-state index contributed by atoms with van der Waals surface area (Å²) >= 11 is 11.5. The quantitative estimate of drug-likeness (QED) is 0.356. The largest absolute Gasteiger partial charge is 0.279 e. The summed E-state index contributed by atoms with van der Waals surface area (Å²) < 4.78 is 55.5. The van der Waals surface area contributed by atoms with Crippen molar-refractivity contribution in [3.05, 3.63) is 77.6 Å². The highest BCUT2D eigenvalue weighted by atomic mass is 35.5. The zero-order valence-electron chi connectivity index (χ0n) is 15.7. The van der Waals surface area contributed by atoms with Crippen LogP contribution >= 0.6 is 23.2 Å². The third-order valence-electron chi connectivity index (χ3n) is 4.09. The number of nitrogens with zero attached hydrogens (tertiary/aromatic N) is 7. The topological polar surface area (TPSA) is 141 Å². The van der Waals surface area contributed by atoms with Gasteiger partial charge in [-0.2, -0.15) is 20.5 Å². The second-order valence-electron chi connectivity index (χ2n) is 6.11. The number of sulfonamides is 2. The maximum atomic E-state index is 13.5. The zero-order chi connectivity index (χ0) is 22.9. The monoisotopic (exact) mass is 511 g/mol. The van der Waals surface area contributed by atoms with E-state index in [0.29, 0.717) is 5.69 Å². The van der Waals surface area contributed by atoms with E-state index in [4.69, 9.17) is 23.2 Å². The Bertz CT molecular complexity index is 1390. The molecular weight excluding hydrogens is 501 g/mol. The lowest BCUT2D eigenvalue weighted by molar-refractivity contribution is 0.583. The molecule has 3 aromatic heterocycles. The summed E-state index contributed by atoms with van der Waals surface area (Å²) in [5.41, 5.74) is 0.134. The lowest BCUT2D eigenvalue weighted by Crippen LogP contribution is -2.37. The van der Waals surface area contributed by atoms with Crippen LogP contribution in [0.4, 0.5) is 5.69 Å². The molecule has 0 fully saturated rings. The minimum absolute atomic E-state index is 0.0425. The van der Waals surface area contributed by atoms with Crippen molar-refractivity contribution in [3.63, 3.8) is 0 Å². The first-order valence-electron chi connectivity index (χ1n) is 8.57. The van der Waals surface area contributed by atoms with Crippen LogP contribution in [0.1, 0.15) is 0 Å². The van der Waals surface area contributed by atoms with E-state index in [1.165, 1.54) is 41.3 Å². The molecule has 11 nitrogen and oxygen atoms in total. The summed E-state index contributed by atoms with van der Waals surface area (Å²) in [5, 5.41) is 10.9. The third kappa shape index (κ3) is 4.14. The van der Waals surface area contributed by atoms with Gasteiger partial charge in [0.25, 0.3) is 20.0 Å². The Morgan fingerprint density at radius 3 is 1.88 bits per heavy atom. The Hall–Kier alpha value is -3.13. The fraction of sp³-hybridized carbons (Fsp3) is 0. The molecule has 0 spiro atoms. The van der Waals surface area contributed by atoms with Gasteiger partial charge in [0.15, 0.2) is 0 Å². The Morgan fingerprint density at radius 1 is 0.812 bits per heavy atom. The normalized spacial score (nSPS) is 11.9. The molecule has 32 heavy (non-hydrogen) atoms. The van der Waals surface area contributed by atoms with Crippen molar-refractivity contribution in [1.82, 2.24) is 30.2 Å². The van der Waals surface area contributed by atoms with Crippen molar-refractivity contribution in [1.29, 1.82) is 0 Å². The average molecular weight is 512 g/mol. The van der Waals surface area contributed by atoms with E-state index in [2.05, 4.69) is 25.5 Å². The Morgan fingerprint density at radius 2 is 1.41 bits per heavy atom. The molecule has 0 aliphatic heterocycles. The molecule has 0 unspecified atom stereocenters. The fourth-order valence-corrected chi connectivity index (χ4v) is 6.45. The first-order chi connectivity index (χ1) is 15.2. The molecule has 4 aromatic rings. The van der Waals surface area contributed by atoms with E-state index in [1.807, 2.05) is 0 Å². The molecule has 3 heterocycles. The number of rotatable bonds is 6. The lowest BCUT2D eigenvalue weighted by atomic mass is 10.3. The molecule has 0 N–H and O–H groups in total. The smallest absolute Gasteiger partial charge is 0.243 e. The number of anilines is 1. The second-order valence-corrected chi connectivity index (χ2v) is 10.7. The first-order valence-corrected chi connectivity index (χ1v) is 12.2. The van der Waals surface area contributed by atoms with E-state index >= 15 is 0 Å². The molecule has 0 saturated heterocycles. The van der Waals surface area contributed by atoms with Crippen molar-refractivity contribution >= 4 is 48.9 Å². The highest BCUT2D eigenvalue weighted by Crippen LogP contribution is 2.32. The van der Waals surface area contributed by atoms with Crippen LogP contribution in [0.15, 0.2) is 77.0 Å². The Balaban J connectivity index is 1.94. The van der Waals surface area contributed by atoms with Gasteiger partial charge < -0.3 is 0 Å². The molecule has 0 saturated carbocycles. The fourth-order valence-electron chi connectivity index (χ4n) is 2.66. The van der Waals surface area contributed by atoms with Gasteiger partial charge in [0.2, 0.25) is 0 Å². The van der Waals surface area contributed by atoms with Crippen molar-refractivity contribution in [2.24, 2.45) is 0 Å². The summed E-state index contributed by atoms with van der Waals surface area (Å²) in [4.78, 5) is 6.72. The van der Waals surface area contributed by atoms with Crippen molar-refractivity contribution in [3.8, 4) is 5.69 Å². The number of aromatic nitrogens is 6. The van der Waals surface area contributed by atoms with E-state index in [1.54, 1.807) is 6.07 Å². The predicted molar refractivity (Wildman–Crippen MR) is 114 cm³/mol. The maximum absolute atomic E-state index is 13.5. The van der Waals surface area contributed by atoms with Gasteiger partial charge >= 0.3 is 0 Å². The predicted octanol–water partition coefficient (Wildman–Crippen LogP) is 2.34.